The van der Waals surface area contributed by atoms with E-state index in [0.29, 0.717) is 29.5 Å². The van der Waals surface area contributed by atoms with E-state index in [4.69, 9.17) is 10.5 Å². The maximum absolute atomic E-state index is 13.3. The lowest BCUT2D eigenvalue weighted by Crippen LogP contribution is -2.43. The topological polar surface area (TPSA) is 135 Å². The number of likely N-dealkylation sites (tertiary alicyclic amines) is 1. The van der Waals surface area contributed by atoms with Crippen molar-refractivity contribution in [2.75, 3.05) is 24.1 Å². The van der Waals surface area contributed by atoms with Crippen molar-refractivity contribution in [3.63, 3.8) is 0 Å². The quantitative estimate of drug-likeness (QED) is 0.407. The number of nitrogens with one attached hydrogen (secondary N) is 2. The van der Waals surface area contributed by atoms with Gasteiger partial charge in [0.25, 0.3) is 5.91 Å². The highest BCUT2D eigenvalue weighted by Gasteiger charge is 2.38. The number of nitrogen functional groups attached to an aromatic ring is 1. The smallest absolute Gasteiger partial charge is 0.278 e. The van der Waals surface area contributed by atoms with Gasteiger partial charge in [0.1, 0.15) is 0 Å². The van der Waals surface area contributed by atoms with E-state index in [0.717, 1.165) is 47.3 Å². The highest BCUT2D eigenvalue weighted by atomic mass is 32.1. The van der Waals surface area contributed by atoms with Crippen LogP contribution in [0.25, 0.3) is 11.4 Å². The van der Waals surface area contributed by atoms with Gasteiger partial charge >= 0.3 is 0 Å². The molecular weight excluding hydrogens is 512 g/mol. The first-order valence-electron chi connectivity index (χ1n) is 14.1. The molecule has 11 heteroatoms. The lowest BCUT2D eigenvalue weighted by Gasteiger charge is -2.40. The Labute approximate surface area is 233 Å². The summed E-state index contributed by atoms with van der Waals surface area (Å²) >= 11 is 1.40. The van der Waals surface area contributed by atoms with E-state index in [1.807, 2.05) is 5.38 Å². The Kier molecular flexibility index (Phi) is 7.15. The maximum Gasteiger partial charge on any atom is 0.278 e. The predicted molar refractivity (Wildman–Crippen MR) is 152 cm³/mol. The number of thiazole rings is 1. The average molecular weight is 551 g/mol. The molecule has 4 N–H and O–H groups in total. The first-order chi connectivity index (χ1) is 18.8. The molecule has 1 saturated heterocycles. The number of ether oxygens (including phenoxy) is 1. The number of nitrogens with zero attached hydrogens (tertiary/aromatic N) is 5. The van der Waals surface area contributed by atoms with Gasteiger partial charge < -0.3 is 15.4 Å². The number of carbonyl (C=O) groups excluding carboxylic acids is 1. The van der Waals surface area contributed by atoms with E-state index in [1.54, 1.807) is 6.20 Å². The minimum Gasteiger partial charge on any atom is -0.372 e. The van der Waals surface area contributed by atoms with Gasteiger partial charge in [-0.2, -0.15) is 5.10 Å². The molecule has 0 bridgehead atoms. The van der Waals surface area contributed by atoms with E-state index >= 15 is 0 Å². The van der Waals surface area contributed by atoms with Crippen LogP contribution in [0.2, 0.25) is 0 Å². The SMILES string of the molecule is CC1CCN(C2CCC(OCc3csc(NC(=O)c4n[nH]c5c4C(C)(C)Cc4cnc(N)nc4-5)n3)CC2)CC1. The molecule has 2 fully saturated rings. The van der Waals surface area contributed by atoms with Gasteiger partial charge in [-0.25, -0.2) is 15.0 Å². The minimum absolute atomic E-state index is 0.197. The number of nitrogens with two attached hydrogens (primary N) is 1. The fourth-order valence-electron chi connectivity index (χ4n) is 6.43. The van der Waals surface area contributed by atoms with Crippen LogP contribution in [-0.2, 0) is 23.2 Å². The van der Waals surface area contributed by atoms with Crippen LogP contribution in [0.15, 0.2) is 11.6 Å². The van der Waals surface area contributed by atoms with Gasteiger partial charge in [-0.1, -0.05) is 20.8 Å². The number of hydrogen-bond donors (Lipinski definition) is 3. The van der Waals surface area contributed by atoms with Crippen LogP contribution in [0.4, 0.5) is 11.1 Å². The summed E-state index contributed by atoms with van der Waals surface area (Å²) in [7, 11) is 0. The van der Waals surface area contributed by atoms with E-state index in [-0.39, 0.29) is 23.4 Å². The molecule has 1 saturated carbocycles. The number of amides is 1. The molecule has 0 atom stereocenters. The summed E-state index contributed by atoms with van der Waals surface area (Å²) in [5.41, 5.74) is 9.95. The van der Waals surface area contributed by atoms with E-state index in [2.05, 4.69) is 56.1 Å². The highest BCUT2D eigenvalue weighted by Crippen LogP contribution is 2.43. The molecule has 3 aromatic heterocycles. The number of hydrogen-bond acceptors (Lipinski definition) is 9. The molecule has 6 rings (SSSR count). The molecule has 0 spiro atoms. The van der Waals surface area contributed by atoms with Gasteiger partial charge in [-0.15, -0.1) is 11.3 Å². The number of rotatable bonds is 6. The molecule has 4 heterocycles. The molecule has 0 radical (unpaired) electrons. The second-order valence-electron chi connectivity index (χ2n) is 12.0. The van der Waals surface area contributed by atoms with E-state index in [1.165, 1.54) is 50.1 Å². The molecule has 2 aliphatic carbocycles. The van der Waals surface area contributed by atoms with Crippen LogP contribution in [-0.4, -0.2) is 61.2 Å². The normalized spacial score (nSPS) is 23.3. The zero-order chi connectivity index (χ0) is 27.1. The standard InChI is InChI=1S/C28H38N8O2S/c1-16-8-10-36(11-9-16)19-4-6-20(7-5-19)38-14-18-15-39-27(31-18)33-25(37)24-21-23(34-35-24)22-17(12-28(21,2)3)13-30-26(29)32-22/h13,15-16,19-20H,4-12,14H2,1-3H3,(H,34,35)(H2,29,30,32)(H,31,33,37). The third-order valence-corrected chi connectivity index (χ3v) is 9.43. The van der Waals surface area contributed by atoms with Gasteiger partial charge in [-0.3, -0.25) is 15.2 Å². The van der Waals surface area contributed by atoms with Crippen LogP contribution >= 0.6 is 11.3 Å². The Bertz CT molecular complexity index is 1340. The maximum atomic E-state index is 13.3. The van der Waals surface area contributed by atoms with Gasteiger partial charge in [0.15, 0.2) is 10.8 Å². The monoisotopic (exact) mass is 550 g/mol. The summed E-state index contributed by atoms with van der Waals surface area (Å²) in [5.74, 6) is 0.776. The van der Waals surface area contributed by atoms with Crippen LogP contribution in [0.1, 0.15) is 86.6 Å². The largest absolute Gasteiger partial charge is 0.372 e. The Morgan fingerprint density at radius 1 is 1.21 bits per heavy atom. The summed E-state index contributed by atoms with van der Waals surface area (Å²) in [6.45, 7) is 9.52. The van der Waals surface area contributed by atoms with Gasteiger partial charge in [0.2, 0.25) is 5.95 Å². The van der Waals surface area contributed by atoms with Crippen molar-refractivity contribution in [3.05, 3.63) is 34.1 Å². The van der Waals surface area contributed by atoms with Crippen LogP contribution in [0, 0.1) is 5.92 Å². The fourth-order valence-corrected chi connectivity index (χ4v) is 7.12. The van der Waals surface area contributed by atoms with E-state index < -0.39 is 0 Å². The fraction of sp³-hybridized carbons (Fsp3) is 0.607. The summed E-state index contributed by atoms with van der Waals surface area (Å²) in [5, 5.41) is 12.8. The molecular formula is C28H38N8O2S. The molecule has 10 nitrogen and oxygen atoms in total. The molecule has 208 valence electrons. The van der Waals surface area contributed by atoms with Gasteiger partial charge in [0.05, 0.1) is 29.8 Å². The third-order valence-electron chi connectivity index (χ3n) is 8.63. The Balaban J connectivity index is 1.05. The summed E-state index contributed by atoms with van der Waals surface area (Å²) in [6, 6.07) is 0.717. The van der Waals surface area contributed by atoms with Crippen LogP contribution < -0.4 is 11.1 Å². The van der Waals surface area contributed by atoms with Crippen LogP contribution in [0.3, 0.4) is 0 Å². The van der Waals surface area contributed by atoms with Crippen molar-refractivity contribution < 1.29 is 9.53 Å². The van der Waals surface area contributed by atoms with Crippen molar-refractivity contribution in [2.45, 2.75) is 89.9 Å². The minimum atomic E-state index is -0.325. The molecule has 3 aliphatic rings. The number of piperidine rings is 1. The van der Waals surface area contributed by atoms with Gasteiger partial charge in [0, 0.05) is 23.2 Å². The number of carbonyl (C=O) groups is 1. The van der Waals surface area contributed by atoms with Gasteiger partial charge in [-0.05, 0) is 74.9 Å². The molecule has 39 heavy (non-hydrogen) atoms. The third kappa shape index (κ3) is 5.44. The van der Waals surface area contributed by atoms with E-state index in [9.17, 15) is 4.79 Å². The Hall–Kier alpha value is -2.89. The number of fused-ring (bicyclic) bond motifs is 3. The van der Waals surface area contributed by atoms with Crippen molar-refractivity contribution in [1.82, 2.24) is 30.0 Å². The molecule has 0 unspecified atom stereocenters. The van der Waals surface area contributed by atoms with Crippen LogP contribution in [0.5, 0.6) is 0 Å². The summed E-state index contributed by atoms with van der Waals surface area (Å²) < 4.78 is 6.23. The summed E-state index contributed by atoms with van der Waals surface area (Å²) in [4.78, 5) is 29.1. The second kappa shape index (κ2) is 10.6. The average Bonchev–Trinajstić information content (AvgIpc) is 3.57. The number of H-pyrrole nitrogens is 1. The lowest BCUT2D eigenvalue weighted by atomic mass is 9.73. The Morgan fingerprint density at radius 2 is 1.97 bits per heavy atom. The number of aromatic amines is 1. The van der Waals surface area contributed by atoms with Crippen molar-refractivity contribution in [3.8, 4) is 11.4 Å². The zero-order valence-electron chi connectivity index (χ0n) is 23.0. The first-order valence-corrected chi connectivity index (χ1v) is 15.0. The molecule has 3 aromatic rings. The van der Waals surface area contributed by atoms with Crippen molar-refractivity contribution in [1.29, 1.82) is 0 Å². The Morgan fingerprint density at radius 3 is 2.74 bits per heavy atom. The zero-order valence-corrected chi connectivity index (χ0v) is 23.8. The number of anilines is 2. The summed E-state index contributed by atoms with van der Waals surface area (Å²) in [6.07, 6.45) is 10.0. The van der Waals surface area contributed by atoms with Crippen molar-refractivity contribution in [2.24, 2.45) is 5.92 Å². The molecule has 0 aromatic carbocycles. The highest BCUT2D eigenvalue weighted by molar-refractivity contribution is 7.14. The molecule has 1 aliphatic heterocycles. The first kappa shape index (κ1) is 26.3. The second-order valence-corrected chi connectivity index (χ2v) is 12.9. The van der Waals surface area contributed by atoms with Crippen molar-refractivity contribution >= 4 is 28.3 Å². The molecule has 1 amide bonds. The number of aromatic nitrogens is 5. The predicted octanol–water partition coefficient (Wildman–Crippen LogP) is 4.55. The lowest BCUT2D eigenvalue weighted by molar-refractivity contribution is -0.00756.